The summed E-state index contributed by atoms with van der Waals surface area (Å²) >= 11 is 1.61. The van der Waals surface area contributed by atoms with Crippen molar-refractivity contribution in [3.63, 3.8) is 0 Å². The molecule has 0 radical (unpaired) electrons. The molecule has 1 saturated heterocycles. The molecule has 3 heterocycles. The van der Waals surface area contributed by atoms with Crippen molar-refractivity contribution in [2.24, 2.45) is 5.92 Å². The molecule has 2 aromatic carbocycles. The zero-order chi connectivity index (χ0) is 19.3. The van der Waals surface area contributed by atoms with E-state index in [1.54, 1.807) is 23.9 Å². The second kappa shape index (κ2) is 6.66. The second-order valence-corrected chi connectivity index (χ2v) is 8.19. The highest BCUT2D eigenvalue weighted by Crippen LogP contribution is 2.57. The number of benzene rings is 2. The third kappa shape index (κ3) is 2.53. The maximum absolute atomic E-state index is 11.0. The maximum Gasteiger partial charge on any atom is 0.269 e. The number of rotatable bonds is 2. The number of ether oxygens (including phenoxy) is 1. The highest BCUT2D eigenvalue weighted by Gasteiger charge is 2.48. The first-order valence-electron chi connectivity index (χ1n) is 9.25. The smallest absolute Gasteiger partial charge is 0.269 e. The molecule has 0 amide bonds. The molecule has 28 heavy (non-hydrogen) atoms. The van der Waals surface area contributed by atoms with E-state index in [4.69, 9.17) is 4.74 Å². The number of para-hydroxylation sites is 1. The van der Waals surface area contributed by atoms with Crippen LogP contribution in [0.25, 0.3) is 0 Å². The van der Waals surface area contributed by atoms with Gasteiger partial charge >= 0.3 is 0 Å². The molecule has 0 saturated carbocycles. The zero-order valence-corrected chi connectivity index (χ0v) is 15.8. The van der Waals surface area contributed by atoms with Crippen LogP contribution in [-0.4, -0.2) is 17.8 Å². The summed E-state index contributed by atoms with van der Waals surface area (Å²) in [5, 5.41) is 22.0. The molecule has 7 heteroatoms. The molecule has 3 aliphatic heterocycles. The highest BCUT2D eigenvalue weighted by atomic mass is 32.2. The fraction of sp³-hybridized carbons (Fsp3) is 0.286. The third-order valence-corrected chi connectivity index (χ3v) is 6.87. The fourth-order valence-corrected chi connectivity index (χ4v) is 5.72. The third-order valence-electron chi connectivity index (χ3n) is 5.69. The molecule has 0 unspecified atom stereocenters. The van der Waals surface area contributed by atoms with Crippen molar-refractivity contribution in [2.75, 3.05) is 11.5 Å². The monoisotopic (exact) mass is 391 g/mol. The van der Waals surface area contributed by atoms with E-state index in [0.717, 1.165) is 39.6 Å². The van der Waals surface area contributed by atoms with E-state index in [0.29, 0.717) is 6.61 Å². The van der Waals surface area contributed by atoms with Crippen LogP contribution in [0.4, 0.5) is 11.4 Å². The minimum absolute atomic E-state index is 0.0615. The number of nitro benzene ring substituents is 1. The average Bonchev–Trinajstić information content (AvgIpc) is 3.12. The van der Waals surface area contributed by atoms with Crippen molar-refractivity contribution < 1.29 is 9.66 Å². The molecule has 0 aliphatic carbocycles. The number of thioether (sulfide) groups is 1. The normalized spacial score (nSPS) is 25.5. The molecule has 3 atom stereocenters. The summed E-state index contributed by atoms with van der Waals surface area (Å²) in [5.41, 5.74) is 2.81. The van der Waals surface area contributed by atoms with Crippen LogP contribution in [0.3, 0.4) is 0 Å². The van der Waals surface area contributed by atoms with Crippen molar-refractivity contribution >= 4 is 23.1 Å². The van der Waals surface area contributed by atoms with E-state index in [1.807, 2.05) is 12.1 Å². The van der Waals surface area contributed by atoms with Gasteiger partial charge in [-0.2, -0.15) is 5.26 Å². The quantitative estimate of drug-likeness (QED) is 0.541. The minimum Gasteiger partial charge on any atom is -0.358 e. The Balaban J connectivity index is 1.66. The molecular formula is C21H17N3O3S. The summed E-state index contributed by atoms with van der Waals surface area (Å²) in [6, 6.07) is 17.2. The Labute approximate surface area is 166 Å². The second-order valence-electron chi connectivity index (χ2n) is 7.16. The Morgan fingerprint density at radius 3 is 2.75 bits per heavy atom. The zero-order valence-electron chi connectivity index (χ0n) is 14.9. The topological polar surface area (TPSA) is 79.4 Å². The number of nitro groups is 1. The first-order chi connectivity index (χ1) is 13.7. The number of non-ortho nitro benzene ring substituents is 1. The standard InChI is InChI=1S/C21H17N3O3S/c22-12-16-19(13-7-9-14(10-8-13)24(25)26)15-4-3-11-27-20(15)23-17-5-1-2-6-18(17)28-21(16)23/h1-2,5-10,15,19-20H,3-4,11H2/t15-,19+,20-/m1/s1. The maximum atomic E-state index is 11.0. The molecule has 0 spiro atoms. The van der Waals surface area contributed by atoms with Gasteiger partial charge in [0.2, 0.25) is 0 Å². The molecule has 5 rings (SSSR count). The van der Waals surface area contributed by atoms with Gasteiger partial charge in [-0.05, 0) is 30.5 Å². The van der Waals surface area contributed by atoms with E-state index >= 15 is 0 Å². The lowest BCUT2D eigenvalue weighted by Gasteiger charge is -2.46. The Bertz CT molecular complexity index is 1030. The SMILES string of the molecule is N#CC1=C2Sc3ccccc3N2[C@@H]2OCCC[C@@H]2[C@@H]1c1ccc([N+](=O)[O-])cc1. The molecule has 2 aromatic rings. The number of nitrogens with zero attached hydrogens (tertiary/aromatic N) is 3. The lowest BCUT2D eigenvalue weighted by atomic mass is 9.74. The van der Waals surface area contributed by atoms with Gasteiger partial charge < -0.3 is 9.64 Å². The van der Waals surface area contributed by atoms with Crippen molar-refractivity contribution in [1.29, 1.82) is 5.26 Å². The fourth-order valence-electron chi connectivity index (χ4n) is 4.51. The lowest BCUT2D eigenvalue weighted by molar-refractivity contribution is -0.384. The van der Waals surface area contributed by atoms with Crippen molar-refractivity contribution in [1.82, 2.24) is 0 Å². The number of anilines is 1. The van der Waals surface area contributed by atoms with Crippen LogP contribution in [0.1, 0.15) is 24.3 Å². The van der Waals surface area contributed by atoms with Gasteiger partial charge in [0.25, 0.3) is 5.69 Å². The van der Waals surface area contributed by atoms with Gasteiger partial charge in [0.1, 0.15) is 6.23 Å². The summed E-state index contributed by atoms with van der Waals surface area (Å²) in [5.74, 6) is 0.00419. The minimum atomic E-state index is -0.397. The predicted molar refractivity (Wildman–Crippen MR) is 106 cm³/mol. The van der Waals surface area contributed by atoms with Crippen LogP contribution in [0, 0.1) is 27.4 Å². The number of fused-ring (bicyclic) bond motifs is 5. The van der Waals surface area contributed by atoms with Crippen LogP contribution in [0.2, 0.25) is 0 Å². The Morgan fingerprint density at radius 2 is 2.00 bits per heavy atom. The van der Waals surface area contributed by atoms with Gasteiger partial charge in [-0.15, -0.1) is 0 Å². The molecule has 3 aliphatic rings. The van der Waals surface area contributed by atoms with Crippen LogP contribution in [-0.2, 0) is 4.74 Å². The molecule has 1 fully saturated rings. The summed E-state index contributed by atoms with van der Waals surface area (Å²) in [6.45, 7) is 0.701. The predicted octanol–water partition coefficient (Wildman–Crippen LogP) is 4.79. The summed E-state index contributed by atoms with van der Waals surface area (Å²) in [7, 11) is 0. The van der Waals surface area contributed by atoms with E-state index in [1.165, 1.54) is 12.1 Å². The van der Waals surface area contributed by atoms with Crippen molar-refractivity contribution in [2.45, 2.75) is 29.9 Å². The summed E-state index contributed by atoms with van der Waals surface area (Å²) in [4.78, 5) is 13.9. The summed E-state index contributed by atoms with van der Waals surface area (Å²) < 4.78 is 6.22. The highest BCUT2D eigenvalue weighted by molar-refractivity contribution is 8.03. The Morgan fingerprint density at radius 1 is 1.21 bits per heavy atom. The van der Waals surface area contributed by atoms with Gasteiger partial charge in [0.15, 0.2) is 0 Å². The van der Waals surface area contributed by atoms with Crippen LogP contribution in [0.5, 0.6) is 0 Å². The van der Waals surface area contributed by atoms with Crippen LogP contribution >= 0.6 is 11.8 Å². The van der Waals surface area contributed by atoms with E-state index in [9.17, 15) is 15.4 Å². The van der Waals surface area contributed by atoms with Crippen molar-refractivity contribution in [3.8, 4) is 6.07 Å². The molecule has 140 valence electrons. The molecule has 0 bridgehead atoms. The van der Waals surface area contributed by atoms with Gasteiger partial charge in [0.05, 0.1) is 27.3 Å². The average molecular weight is 391 g/mol. The number of hydrogen-bond donors (Lipinski definition) is 0. The van der Waals surface area contributed by atoms with E-state index in [2.05, 4.69) is 23.1 Å². The van der Waals surface area contributed by atoms with Crippen LogP contribution < -0.4 is 4.90 Å². The Hall–Kier alpha value is -2.82. The van der Waals surface area contributed by atoms with Gasteiger partial charge in [-0.25, -0.2) is 0 Å². The Kier molecular flexibility index (Phi) is 4.11. The first-order valence-corrected chi connectivity index (χ1v) is 10.1. The van der Waals surface area contributed by atoms with Gasteiger partial charge in [0, 0.05) is 35.5 Å². The number of allylic oxidation sites excluding steroid dienone is 1. The molecule has 6 nitrogen and oxygen atoms in total. The largest absolute Gasteiger partial charge is 0.358 e. The number of hydrogen-bond acceptors (Lipinski definition) is 6. The molecular weight excluding hydrogens is 374 g/mol. The molecule has 0 aromatic heterocycles. The van der Waals surface area contributed by atoms with Crippen LogP contribution in [0.15, 0.2) is 64.0 Å². The lowest BCUT2D eigenvalue weighted by Crippen LogP contribution is -2.49. The van der Waals surface area contributed by atoms with E-state index in [-0.39, 0.29) is 23.8 Å². The molecule has 0 N–H and O–H groups in total. The van der Waals surface area contributed by atoms with Gasteiger partial charge in [-0.3, -0.25) is 10.1 Å². The number of nitriles is 1. The summed E-state index contributed by atoms with van der Waals surface area (Å²) in [6.07, 6.45) is 1.77. The van der Waals surface area contributed by atoms with E-state index < -0.39 is 4.92 Å². The first kappa shape index (κ1) is 17.3. The van der Waals surface area contributed by atoms with Gasteiger partial charge in [-0.1, -0.05) is 36.0 Å². The van der Waals surface area contributed by atoms with Crippen molar-refractivity contribution in [3.05, 3.63) is 74.8 Å².